The average molecular weight is 706 g/mol. The lowest BCUT2D eigenvalue weighted by atomic mass is 10.1. The lowest BCUT2D eigenvalue weighted by Crippen LogP contribution is -2.47. The zero-order valence-corrected chi connectivity index (χ0v) is 29.3. The summed E-state index contributed by atoms with van der Waals surface area (Å²) in [5.41, 5.74) is 1.11. The molecule has 1 aliphatic rings. The summed E-state index contributed by atoms with van der Waals surface area (Å²) in [5.74, 6) is -0.953. The Morgan fingerprint density at radius 1 is 1.16 bits per heavy atom. The van der Waals surface area contributed by atoms with Gasteiger partial charge < -0.3 is 39.7 Å². The van der Waals surface area contributed by atoms with Crippen LogP contribution in [0.3, 0.4) is 0 Å². The van der Waals surface area contributed by atoms with Crippen LogP contribution in [-0.4, -0.2) is 91.8 Å². The molecule has 50 heavy (non-hydrogen) atoms. The fourth-order valence-electron chi connectivity index (χ4n) is 5.26. The zero-order valence-electron chi connectivity index (χ0n) is 31.3. The van der Waals surface area contributed by atoms with Crippen molar-refractivity contribution in [2.75, 3.05) is 11.9 Å². The Bertz CT molecular complexity index is 1640. The van der Waals surface area contributed by atoms with Crippen molar-refractivity contribution in [3.8, 4) is 5.75 Å². The van der Waals surface area contributed by atoms with Gasteiger partial charge in [-0.05, 0) is 82.9 Å². The van der Waals surface area contributed by atoms with Gasteiger partial charge in [-0.15, -0.1) is 0 Å². The van der Waals surface area contributed by atoms with Gasteiger partial charge in [0.15, 0.2) is 0 Å². The summed E-state index contributed by atoms with van der Waals surface area (Å²) >= 11 is 0. The first-order valence-corrected chi connectivity index (χ1v) is 16.1. The predicted molar refractivity (Wildman–Crippen MR) is 181 cm³/mol. The summed E-state index contributed by atoms with van der Waals surface area (Å²) < 4.78 is 25.3. The van der Waals surface area contributed by atoms with Crippen LogP contribution in [0.1, 0.15) is 79.4 Å². The van der Waals surface area contributed by atoms with E-state index in [-0.39, 0.29) is 37.4 Å². The van der Waals surface area contributed by atoms with Crippen LogP contribution >= 0.6 is 0 Å². The Morgan fingerprint density at radius 2 is 1.80 bits per heavy atom. The number of aldehydes is 2. The molecule has 0 saturated heterocycles. The first kappa shape index (κ1) is 38.3. The number of carbonyl (C=O) groups excluding carboxylic acids is 5. The van der Waals surface area contributed by atoms with Gasteiger partial charge in [0.2, 0.25) is 5.91 Å². The molecule has 1 aromatic carbocycles. The number of rotatable bonds is 13. The Labute approximate surface area is 293 Å². The van der Waals surface area contributed by atoms with Gasteiger partial charge >= 0.3 is 17.8 Å². The van der Waals surface area contributed by atoms with Gasteiger partial charge in [0, 0.05) is 37.1 Å². The third-order valence-electron chi connectivity index (χ3n) is 7.61. The summed E-state index contributed by atoms with van der Waals surface area (Å²) in [6, 6.07) is 2.47. The van der Waals surface area contributed by atoms with E-state index >= 15 is 0 Å². The van der Waals surface area contributed by atoms with E-state index in [1.807, 2.05) is 20.8 Å². The van der Waals surface area contributed by atoms with Crippen molar-refractivity contribution < 1.29 is 51.5 Å². The Hall–Kier alpha value is -4.51. The van der Waals surface area contributed by atoms with Crippen LogP contribution in [0.4, 0.5) is 10.6 Å². The largest absolute Gasteiger partial charge is 0.444 e. The van der Waals surface area contributed by atoms with E-state index in [0.717, 1.165) is 0 Å². The van der Waals surface area contributed by atoms with Crippen LogP contribution in [-0.2, 0) is 30.5 Å². The van der Waals surface area contributed by atoms with Gasteiger partial charge in [0.1, 0.15) is 45.6 Å². The van der Waals surface area contributed by atoms with Crippen molar-refractivity contribution >= 4 is 36.3 Å². The van der Waals surface area contributed by atoms with Crippen molar-refractivity contribution in [1.29, 1.82) is 0 Å². The van der Waals surface area contributed by atoms with E-state index in [1.54, 1.807) is 39.8 Å². The number of benzene rings is 1. The number of aliphatic hydroxyl groups is 3. The van der Waals surface area contributed by atoms with Crippen LogP contribution in [0, 0.1) is 19.8 Å². The topological polar surface area (TPSA) is 235 Å². The molecule has 1 fully saturated rings. The van der Waals surface area contributed by atoms with E-state index in [4.69, 9.17) is 12.2 Å². The fourth-order valence-corrected chi connectivity index (χ4v) is 5.26. The molecule has 16 heteroatoms. The number of aromatic nitrogens is 2. The average Bonchev–Trinajstić information content (AvgIpc) is 3.33. The number of hydrogen-bond acceptors (Lipinski definition) is 13. The van der Waals surface area contributed by atoms with Gasteiger partial charge in [-0.2, -0.15) is 4.98 Å². The number of nitrogens with one attached hydrogen (secondary N) is 3. The summed E-state index contributed by atoms with van der Waals surface area (Å²) in [5, 5.41) is 37.3. The fraction of sp³-hybridized carbons (Fsp3) is 0.559. The SMILES string of the molecule is Cc1cc(COC(=O)Nc2ccn([C@@H]3C[C@H](CO)[C@@H](O)[C@@H]3O)c(=O)n2)cc(C)c1OC(=O)C(C)NC(C)(C)C.[2H]C(=O)CC(NC(=O)CC)C([2H])=O. The molecule has 0 aliphatic heterocycles. The van der Waals surface area contributed by atoms with Crippen molar-refractivity contribution in [2.45, 2.75) is 110 Å². The molecule has 6 atom stereocenters. The van der Waals surface area contributed by atoms with Gasteiger partial charge in [-0.3, -0.25) is 20.0 Å². The molecule has 0 spiro atoms. The Kier molecular flexibility index (Phi) is 14.6. The second-order valence-corrected chi connectivity index (χ2v) is 13.0. The summed E-state index contributed by atoms with van der Waals surface area (Å²) in [7, 11) is 0. The minimum Gasteiger partial charge on any atom is -0.444 e. The van der Waals surface area contributed by atoms with E-state index in [1.165, 1.54) is 16.8 Å². The molecule has 1 saturated carbocycles. The minimum absolute atomic E-state index is 0.0411. The van der Waals surface area contributed by atoms with E-state index in [2.05, 4.69) is 20.9 Å². The molecular formula is C34H49N5O11. The molecule has 1 aliphatic carbocycles. The highest BCUT2D eigenvalue weighted by atomic mass is 16.5. The number of amides is 2. The number of esters is 1. The van der Waals surface area contributed by atoms with Crippen LogP contribution in [0.5, 0.6) is 5.75 Å². The highest BCUT2D eigenvalue weighted by Gasteiger charge is 2.42. The molecule has 1 heterocycles. The maximum Gasteiger partial charge on any atom is 0.413 e. The molecule has 276 valence electrons. The quantitative estimate of drug-likeness (QED) is 0.0979. The second-order valence-electron chi connectivity index (χ2n) is 13.0. The number of carbonyl (C=O) groups is 5. The van der Waals surface area contributed by atoms with E-state index in [9.17, 15) is 44.1 Å². The van der Waals surface area contributed by atoms with E-state index in [0.29, 0.717) is 22.4 Å². The lowest BCUT2D eigenvalue weighted by molar-refractivity contribution is -0.136. The van der Waals surface area contributed by atoms with Gasteiger partial charge in [0.05, 0.1) is 18.2 Å². The molecule has 16 nitrogen and oxygen atoms in total. The van der Waals surface area contributed by atoms with Crippen LogP contribution in [0.15, 0.2) is 29.2 Å². The molecular weight excluding hydrogens is 654 g/mol. The van der Waals surface area contributed by atoms with Crippen molar-refractivity contribution in [3.05, 3.63) is 51.6 Å². The first-order valence-electron chi connectivity index (χ1n) is 17.1. The molecule has 3 rings (SSSR count). The van der Waals surface area contributed by atoms with E-state index < -0.39 is 78.9 Å². The molecule has 0 bridgehead atoms. The van der Waals surface area contributed by atoms with Crippen molar-refractivity contribution in [3.63, 3.8) is 0 Å². The van der Waals surface area contributed by atoms with Crippen LogP contribution in [0.2, 0.25) is 0 Å². The van der Waals surface area contributed by atoms with Gasteiger partial charge in [0.25, 0.3) is 0 Å². The van der Waals surface area contributed by atoms with Gasteiger partial charge in [-0.25, -0.2) is 14.4 Å². The highest BCUT2D eigenvalue weighted by molar-refractivity contribution is 5.83. The number of aliphatic hydroxyl groups excluding tert-OH is 3. The highest BCUT2D eigenvalue weighted by Crippen LogP contribution is 2.34. The normalized spacial score (nSPS) is 20.2. The van der Waals surface area contributed by atoms with Crippen molar-refractivity contribution in [1.82, 2.24) is 20.2 Å². The molecule has 1 aromatic heterocycles. The van der Waals surface area contributed by atoms with Crippen LogP contribution < -0.4 is 26.4 Å². The van der Waals surface area contributed by atoms with Crippen molar-refractivity contribution in [2.24, 2.45) is 5.92 Å². The Morgan fingerprint density at radius 3 is 2.30 bits per heavy atom. The third kappa shape index (κ3) is 12.4. The predicted octanol–water partition coefficient (Wildman–Crippen LogP) is 1.24. The molecule has 2 amide bonds. The molecule has 6 N–H and O–H groups in total. The van der Waals surface area contributed by atoms with Gasteiger partial charge in [-0.1, -0.05) is 6.92 Å². The number of nitrogens with zero attached hydrogens (tertiary/aromatic N) is 2. The number of ether oxygens (including phenoxy) is 2. The maximum atomic E-state index is 12.5. The summed E-state index contributed by atoms with van der Waals surface area (Å²) in [6.07, 6.45) is -3.93. The van der Waals surface area contributed by atoms with Crippen LogP contribution in [0.25, 0.3) is 0 Å². The number of hydrogen-bond donors (Lipinski definition) is 6. The first-order chi connectivity index (χ1) is 24.2. The Balaban J connectivity index is 0.000000612. The lowest BCUT2D eigenvalue weighted by Gasteiger charge is -2.25. The maximum absolute atomic E-state index is 12.5. The smallest absolute Gasteiger partial charge is 0.413 e. The number of anilines is 1. The summed E-state index contributed by atoms with van der Waals surface area (Å²) in [4.78, 5) is 72.8. The monoisotopic (exact) mass is 705 g/mol. The summed E-state index contributed by atoms with van der Waals surface area (Å²) in [6.45, 7) is 12.4. The second kappa shape index (κ2) is 19.0. The zero-order chi connectivity index (χ0) is 39.5. The minimum atomic E-state index is -1.23. The third-order valence-corrected chi connectivity index (χ3v) is 7.61. The number of aryl methyl sites for hydroxylation is 2. The molecule has 2 aromatic rings. The standard InChI is InChI=1S/C27H38N4O8.C7H11NO3/c1-14-9-17(10-15(2)23(14)39-24(35)16(3)30-27(4,5)6)13-38-26(37)29-20-7-8-31(25(36)28-20)19-11-18(12-32)21(33)22(19)34;1-2-7(11)8-6(5-10)3-4-9/h7-10,16,18-19,21-22,30,32-34H,11-13H2,1-6H3,(H,28,29,36,37);4-6H,2-3H2,1H3,(H,8,11)/t16?,18-,19-,21-,22-;/m1./s1/i;4D,5D. The molecule has 2 unspecified atom stereocenters. The molecule has 0 radical (unpaired) electrons.